The first-order valence-corrected chi connectivity index (χ1v) is 5.90. The van der Waals surface area contributed by atoms with Gasteiger partial charge in [0.05, 0.1) is 5.69 Å². The van der Waals surface area contributed by atoms with E-state index in [1.54, 1.807) is 11.3 Å². The van der Waals surface area contributed by atoms with Gasteiger partial charge < -0.3 is 5.32 Å². The Balaban J connectivity index is 2.16. The number of alkyl halides is 3. The summed E-state index contributed by atoms with van der Waals surface area (Å²) in [5.74, 6) is 0. The first-order valence-electron chi connectivity index (χ1n) is 5.09. The lowest BCUT2D eigenvalue weighted by atomic mass is 10.3. The van der Waals surface area contributed by atoms with Gasteiger partial charge in [0, 0.05) is 17.8 Å². The van der Waals surface area contributed by atoms with Crippen molar-refractivity contribution < 1.29 is 13.2 Å². The highest BCUT2D eigenvalue weighted by Crippen LogP contribution is 2.21. The topological polar surface area (TPSA) is 24.9 Å². The Morgan fingerprint density at radius 2 is 2.00 bits per heavy atom. The number of rotatable bonds is 5. The van der Waals surface area contributed by atoms with Gasteiger partial charge in [-0.3, -0.25) is 0 Å². The normalized spacial score (nSPS) is 12.1. The quantitative estimate of drug-likeness (QED) is 0.814. The lowest BCUT2D eigenvalue weighted by molar-refractivity contribution is -0.135. The summed E-state index contributed by atoms with van der Waals surface area (Å²) in [7, 11) is 0. The minimum absolute atomic E-state index is 0.118. The largest absolute Gasteiger partial charge is 0.389 e. The van der Waals surface area contributed by atoms with E-state index < -0.39 is 12.6 Å². The second-order valence-electron chi connectivity index (χ2n) is 3.64. The molecule has 0 saturated heterocycles. The van der Waals surface area contributed by atoms with Crippen molar-refractivity contribution >= 4 is 11.3 Å². The predicted molar refractivity (Wildman–Crippen MR) is 58.6 cm³/mol. The molecule has 0 bridgehead atoms. The highest BCUT2D eigenvalue weighted by atomic mass is 32.1. The first kappa shape index (κ1) is 13.4. The van der Waals surface area contributed by atoms with E-state index in [4.69, 9.17) is 0 Å². The fourth-order valence-electron chi connectivity index (χ4n) is 1.22. The molecule has 1 heterocycles. The number of nitrogens with zero attached hydrogens (tertiary/aromatic N) is 1. The second-order valence-corrected chi connectivity index (χ2v) is 4.93. The molecule has 0 fully saturated rings. The minimum atomic E-state index is -4.05. The Kier molecular flexibility index (Phi) is 4.73. The molecule has 0 aliphatic carbocycles. The molecule has 0 aliphatic rings. The van der Waals surface area contributed by atoms with Crippen molar-refractivity contribution in [3.05, 3.63) is 15.6 Å². The van der Waals surface area contributed by atoms with Crippen LogP contribution < -0.4 is 5.32 Å². The Bertz CT molecular complexity index is 314. The molecule has 0 atom stereocenters. The highest BCUT2D eigenvalue weighted by Gasteiger charge is 2.25. The van der Waals surface area contributed by atoms with Crippen LogP contribution in [-0.2, 0) is 6.54 Å². The Morgan fingerprint density at radius 1 is 1.31 bits per heavy atom. The number of hydrogen-bond acceptors (Lipinski definition) is 3. The maximum Gasteiger partial charge on any atom is 0.389 e. The van der Waals surface area contributed by atoms with Gasteiger partial charge in [-0.25, -0.2) is 4.98 Å². The number of aryl methyl sites for hydroxylation is 2. The van der Waals surface area contributed by atoms with E-state index in [9.17, 15) is 13.2 Å². The minimum Gasteiger partial charge on any atom is -0.310 e. The molecule has 0 amide bonds. The van der Waals surface area contributed by atoms with Crippen molar-refractivity contribution in [3.63, 3.8) is 0 Å². The summed E-state index contributed by atoms with van der Waals surface area (Å²) in [6.45, 7) is 4.84. The third-order valence-electron chi connectivity index (χ3n) is 2.16. The summed E-state index contributed by atoms with van der Waals surface area (Å²) in [6.07, 6.45) is -4.65. The van der Waals surface area contributed by atoms with Gasteiger partial charge in [0.15, 0.2) is 0 Å². The highest BCUT2D eigenvalue weighted by molar-refractivity contribution is 7.11. The van der Waals surface area contributed by atoms with E-state index in [-0.39, 0.29) is 6.42 Å². The molecular weight excluding hydrogens is 237 g/mol. The molecular formula is C10H15F3N2S. The zero-order valence-corrected chi connectivity index (χ0v) is 10.1. The van der Waals surface area contributed by atoms with Gasteiger partial charge in [-0.05, 0) is 26.8 Å². The third kappa shape index (κ3) is 4.94. The van der Waals surface area contributed by atoms with Crippen LogP contribution in [0.15, 0.2) is 0 Å². The van der Waals surface area contributed by atoms with Crippen LogP contribution in [0.25, 0.3) is 0 Å². The molecule has 0 saturated carbocycles. The number of nitrogens with one attached hydrogen (secondary N) is 1. The van der Waals surface area contributed by atoms with Crippen LogP contribution in [-0.4, -0.2) is 17.7 Å². The zero-order valence-electron chi connectivity index (χ0n) is 9.32. The summed E-state index contributed by atoms with van der Waals surface area (Å²) in [6, 6.07) is 0. The van der Waals surface area contributed by atoms with Gasteiger partial charge in [-0.1, -0.05) is 0 Å². The maximum atomic E-state index is 11.8. The third-order valence-corrected chi connectivity index (χ3v) is 3.24. The lowest BCUT2D eigenvalue weighted by Gasteiger charge is -2.05. The standard InChI is InChI=1S/C10H15F3N2S/c1-7-8(2)16-9(15-7)6-14-5-3-4-10(11,12)13/h14H,3-6H2,1-2H3. The Hall–Kier alpha value is -0.620. The van der Waals surface area contributed by atoms with Gasteiger partial charge in [-0.15, -0.1) is 11.3 Å². The van der Waals surface area contributed by atoms with Gasteiger partial charge in [0.2, 0.25) is 0 Å². The molecule has 16 heavy (non-hydrogen) atoms. The number of halogens is 3. The molecule has 2 nitrogen and oxygen atoms in total. The van der Waals surface area contributed by atoms with E-state index in [2.05, 4.69) is 10.3 Å². The fraction of sp³-hybridized carbons (Fsp3) is 0.700. The smallest absolute Gasteiger partial charge is 0.310 e. The average Bonchev–Trinajstić information content (AvgIpc) is 2.44. The van der Waals surface area contributed by atoms with Crippen molar-refractivity contribution in [1.82, 2.24) is 10.3 Å². The van der Waals surface area contributed by atoms with Crippen LogP contribution in [0.1, 0.15) is 28.4 Å². The van der Waals surface area contributed by atoms with Crippen molar-refractivity contribution in [2.45, 2.75) is 39.4 Å². The molecule has 0 unspecified atom stereocenters. The van der Waals surface area contributed by atoms with E-state index >= 15 is 0 Å². The molecule has 1 aromatic heterocycles. The van der Waals surface area contributed by atoms with Crippen molar-refractivity contribution in [3.8, 4) is 0 Å². The molecule has 1 N–H and O–H groups in total. The van der Waals surface area contributed by atoms with Crippen LogP contribution in [0, 0.1) is 13.8 Å². The first-order chi connectivity index (χ1) is 7.38. The van der Waals surface area contributed by atoms with E-state index in [1.165, 1.54) is 0 Å². The predicted octanol–water partition coefficient (Wildman–Crippen LogP) is 3.19. The second kappa shape index (κ2) is 5.63. The monoisotopic (exact) mass is 252 g/mol. The Morgan fingerprint density at radius 3 is 2.50 bits per heavy atom. The number of aromatic nitrogens is 1. The number of hydrogen-bond donors (Lipinski definition) is 1. The summed E-state index contributed by atoms with van der Waals surface area (Å²) >= 11 is 1.58. The van der Waals surface area contributed by atoms with Crippen LogP contribution in [0.5, 0.6) is 0 Å². The van der Waals surface area contributed by atoms with Crippen molar-refractivity contribution in [1.29, 1.82) is 0 Å². The average molecular weight is 252 g/mol. The fourth-order valence-corrected chi connectivity index (χ4v) is 2.13. The lowest BCUT2D eigenvalue weighted by Crippen LogP contribution is -2.17. The summed E-state index contributed by atoms with van der Waals surface area (Å²) in [5, 5.41) is 3.90. The molecule has 0 aromatic carbocycles. The molecule has 0 aliphatic heterocycles. The maximum absolute atomic E-state index is 11.8. The van der Waals surface area contributed by atoms with E-state index in [0.717, 1.165) is 15.6 Å². The van der Waals surface area contributed by atoms with E-state index in [1.807, 2.05) is 13.8 Å². The SMILES string of the molecule is Cc1nc(CNCCCC(F)(F)F)sc1C. The summed E-state index contributed by atoms with van der Waals surface area (Å²) in [5.41, 5.74) is 0.997. The molecule has 1 aromatic rings. The molecule has 92 valence electrons. The van der Waals surface area contributed by atoms with Gasteiger partial charge in [0.1, 0.15) is 5.01 Å². The zero-order chi connectivity index (χ0) is 12.2. The van der Waals surface area contributed by atoms with Gasteiger partial charge >= 0.3 is 6.18 Å². The van der Waals surface area contributed by atoms with Crippen LogP contribution in [0.3, 0.4) is 0 Å². The summed E-state index contributed by atoms with van der Waals surface area (Å²) in [4.78, 5) is 5.45. The molecule has 6 heteroatoms. The number of thiazole rings is 1. The van der Waals surface area contributed by atoms with Crippen LogP contribution in [0.4, 0.5) is 13.2 Å². The van der Waals surface area contributed by atoms with Crippen LogP contribution >= 0.6 is 11.3 Å². The molecule has 0 radical (unpaired) electrons. The summed E-state index contributed by atoms with van der Waals surface area (Å²) < 4.78 is 35.5. The van der Waals surface area contributed by atoms with Gasteiger partial charge in [-0.2, -0.15) is 13.2 Å². The van der Waals surface area contributed by atoms with Crippen molar-refractivity contribution in [2.75, 3.05) is 6.54 Å². The molecule has 1 rings (SSSR count). The Labute approximate surface area is 96.9 Å². The van der Waals surface area contributed by atoms with E-state index in [0.29, 0.717) is 13.1 Å². The van der Waals surface area contributed by atoms with Gasteiger partial charge in [0.25, 0.3) is 0 Å². The van der Waals surface area contributed by atoms with Crippen molar-refractivity contribution in [2.24, 2.45) is 0 Å². The molecule has 0 spiro atoms. The van der Waals surface area contributed by atoms with Crippen LogP contribution in [0.2, 0.25) is 0 Å².